The van der Waals surface area contributed by atoms with Gasteiger partial charge in [0.15, 0.2) is 0 Å². The van der Waals surface area contributed by atoms with E-state index in [4.69, 9.17) is 81.2 Å². The van der Waals surface area contributed by atoms with E-state index in [1.54, 1.807) is 36.7 Å². The maximum Gasteiger partial charge on any atom is 0.0686 e. The van der Waals surface area contributed by atoms with Gasteiger partial charge in [-0.05, 0) is 24.3 Å². The van der Waals surface area contributed by atoms with Gasteiger partial charge in [0.25, 0.3) is 0 Å². The first-order valence-corrected chi connectivity index (χ1v) is 9.38. The molecule has 0 unspecified atom stereocenters. The number of hydrogen-bond donors (Lipinski definition) is 0. The lowest BCUT2D eigenvalue weighted by Gasteiger charge is -2.15. The molecule has 3 aromatic rings. The molecular weight excluding hydrogens is 466 g/mol. The molecule has 0 spiro atoms. The van der Waals surface area contributed by atoms with E-state index >= 15 is 0 Å². The fraction of sp³-hybridized carbons (Fsp3) is 0. The summed E-state index contributed by atoms with van der Waals surface area (Å²) < 4.78 is 0. The maximum absolute atomic E-state index is 6.61. The van der Waals surface area contributed by atoms with Crippen molar-refractivity contribution in [3.63, 3.8) is 0 Å². The molecule has 1 heterocycles. The summed E-state index contributed by atoms with van der Waals surface area (Å²) in [7, 11) is 0. The molecule has 2 aromatic carbocycles. The molecule has 0 aliphatic heterocycles. The Labute approximate surface area is 179 Å². The molecule has 0 fully saturated rings. The van der Waals surface area contributed by atoms with Crippen molar-refractivity contribution >= 4 is 81.2 Å². The average Bonchev–Trinajstić information content (AvgIpc) is 2.58. The highest BCUT2D eigenvalue weighted by atomic mass is 35.5. The first kappa shape index (κ1) is 19.4. The van der Waals surface area contributed by atoms with Crippen molar-refractivity contribution in [2.24, 2.45) is 0 Å². The summed E-state index contributed by atoms with van der Waals surface area (Å²) in [6.07, 6.45) is 3.09. The van der Waals surface area contributed by atoms with Crippen LogP contribution >= 0.6 is 81.2 Å². The van der Waals surface area contributed by atoms with Crippen LogP contribution in [0.1, 0.15) is 0 Å². The highest BCUT2D eigenvalue weighted by Crippen LogP contribution is 2.47. The zero-order valence-corrected chi connectivity index (χ0v) is 17.3. The smallest absolute Gasteiger partial charge is 0.0686 e. The second-order valence-electron chi connectivity index (χ2n) is 4.98. The molecule has 0 saturated heterocycles. The van der Waals surface area contributed by atoms with Crippen LogP contribution in [0.3, 0.4) is 0 Å². The number of hydrogen-bond acceptors (Lipinski definition) is 1. The molecule has 0 N–H and O–H groups in total. The first-order chi connectivity index (χ1) is 11.8. The van der Waals surface area contributed by atoms with Gasteiger partial charge in [-0.15, -0.1) is 0 Å². The largest absolute Gasteiger partial charge is 0.263 e. The van der Waals surface area contributed by atoms with Crippen molar-refractivity contribution in [1.82, 2.24) is 4.98 Å². The predicted octanol–water partition coefficient (Wildman–Crippen LogP) is 8.99. The topological polar surface area (TPSA) is 12.9 Å². The molecule has 25 heavy (non-hydrogen) atoms. The van der Waals surface area contributed by atoms with Crippen LogP contribution < -0.4 is 0 Å². The van der Waals surface area contributed by atoms with E-state index in [0.29, 0.717) is 47.4 Å². The zero-order valence-electron chi connectivity index (χ0n) is 12.1. The Bertz CT molecular complexity index is 909. The van der Waals surface area contributed by atoms with Crippen molar-refractivity contribution in [2.45, 2.75) is 0 Å². The first-order valence-electron chi connectivity index (χ1n) is 6.74. The van der Waals surface area contributed by atoms with Crippen molar-refractivity contribution in [3.8, 4) is 22.3 Å². The summed E-state index contributed by atoms with van der Waals surface area (Å²) in [4.78, 5) is 4.22. The Morgan fingerprint density at radius 2 is 0.840 bits per heavy atom. The number of aromatic nitrogens is 1. The summed E-state index contributed by atoms with van der Waals surface area (Å²) in [5.41, 5.74) is 1.96. The van der Waals surface area contributed by atoms with E-state index in [0.717, 1.165) is 0 Å². The molecule has 0 atom stereocenters. The standard InChI is InChI=1S/C17H6Cl7N/c18-9-1-3-11(20)16(23)13(9)7-5-25-6-8(15(7)22)14-10(19)2-4-12(21)17(14)24/h1-6H. The molecule has 0 saturated carbocycles. The fourth-order valence-electron chi connectivity index (χ4n) is 2.34. The van der Waals surface area contributed by atoms with Crippen molar-refractivity contribution < 1.29 is 0 Å². The Kier molecular flexibility index (Phi) is 5.97. The van der Waals surface area contributed by atoms with Crippen LogP contribution in [0.4, 0.5) is 0 Å². The molecule has 128 valence electrons. The Balaban J connectivity index is 2.32. The second kappa shape index (κ2) is 7.70. The highest BCUT2D eigenvalue weighted by Gasteiger charge is 2.21. The Morgan fingerprint density at radius 3 is 1.24 bits per heavy atom. The van der Waals surface area contributed by atoms with Crippen LogP contribution in [0.15, 0.2) is 36.7 Å². The third-order valence-electron chi connectivity index (χ3n) is 3.51. The maximum atomic E-state index is 6.61. The molecule has 0 bridgehead atoms. The van der Waals surface area contributed by atoms with E-state index in [9.17, 15) is 0 Å². The molecule has 3 rings (SSSR count). The van der Waals surface area contributed by atoms with Crippen LogP contribution in [0, 0.1) is 0 Å². The van der Waals surface area contributed by atoms with Gasteiger partial charge < -0.3 is 0 Å². The fourth-order valence-corrected chi connectivity index (χ4v) is 4.09. The number of nitrogens with zero attached hydrogens (tertiary/aromatic N) is 1. The minimum atomic E-state index is 0.276. The molecule has 0 amide bonds. The lowest BCUT2D eigenvalue weighted by Crippen LogP contribution is -1.91. The monoisotopic (exact) mass is 469 g/mol. The van der Waals surface area contributed by atoms with Gasteiger partial charge in [-0.25, -0.2) is 0 Å². The van der Waals surface area contributed by atoms with E-state index in [2.05, 4.69) is 4.98 Å². The number of pyridine rings is 1. The van der Waals surface area contributed by atoms with Crippen molar-refractivity contribution in [3.05, 3.63) is 71.8 Å². The van der Waals surface area contributed by atoms with Gasteiger partial charge in [-0.2, -0.15) is 0 Å². The molecule has 0 radical (unpaired) electrons. The van der Waals surface area contributed by atoms with Crippen LogP contribution in [-0.4, -0.2) is 4.98 Å². The van der Waals surface area contributed by atoms with Crippen LogP contribution in [0.2, 0.25) is 35.2 Å². The van der Waals surface area contributed by atoms with Gasteiger partial charge in [-0.1, -0.05) is 81.2 Å². The number of halogens is 7. The van der Waals surface area contributed by atoms with Gasteiger partial charge >= 0.3 is 0 Å². The molecule has 0 aliphatic rings. The summed E-state index contributed by atoms with van der Waals surface area (Å²) in [5, 5.41) is 2.35. The zero-order chi connectivity index (χ0) is 18.3. The number of rotatable bonds is 2. The summed E-state index contributed by atoms with van der Waals surface area (Å²) >= 11 is 44.0. The lowest BCUT2D eigenvalue weighted by molar-refractivity contribution is 1.33. The van der Waals surface area contributed by atoms with Gasteiger partial charge in [0, 0.05) is 34.6 Å². The van der Waals surface area contributed by atoms with E-state index < -0.39 is 0 Å². The number of benzene rings is 2. The SMILES string of the molecule is Clc1ccc(Cl)c(-c2cncc(-c3c(Cl)ccc(Cl)c3Cl)c2Cl)c1Cl. The van der Waals surface area contributed by atoms with Crippen LogP contribution in [0.25, 0.3) is 22.3 Å². The van der Waals surface area contributed by atoms with Crippen molar-refractivity contribution in [1.29, 1.82) is 0 Å². The van der Waals surface area contributed by atoms with Gasteiger partial charge in [0.05, 0.1) is 35.2 Å². The van der Waals surface area contributed by atoms with Gasteiger partial charge in [0.2, 0.25) is 0 Å². The van der Waals surface area contributed by atoms with Crippen molar-refractivity contribution in [2.75, 3.05) is 0 Å². The summed E-state index contributed by atoms with van der Waals surface area (Å²) in [6.45, 7) is 0. The quantitative estimate of drug-likeness (QED) is 0.339. The molecule has 1 nitrogen and oxygen atoms in total. The third-order valence-corrected chi connectivity index (χ3v) is 6.15. The Morgan fingerprint density at radius 1 is 0.480 bits per heavy atom. The summed E-state index contributed by atoms with van der Waals surface area (Å²) in [5.74, 6) is 0. The molecular formula is C17H6Cl7N. The second-order valence-corrected chi connectivity index (χ2v) is 7.75. The molecule has 0 aliphatic carbocycles. The summed E-state index contributed by atoms with van der Waals surface area (Å²) in [6, 6.07) is 6.47. The highest BCUT2D eigenvalue weighted by molar-refractivity contribution is 6.48. The molecule has 1 aromatic heterocycles. The molecule has 8 heteroatoms. The third kappa shape index (κ3) is 3.57. The van der Waals surface area contributed by atoms with E-state index in [-0.39, 0.29) is 10.0 Å². The van der Waals surface area contributed by atoms with E-state index in [1.165, 1.54) is 0 Å². The Hall–Kier alpha value is -0.380. The normalized spacial score (nSPS) is 11.0. The predicted molar refractivity (Wildman–Crippen MR) is 110 cm³/mol. The van der Waals surface area contributed by atoms with Crippen LogP contribution in [-0.2, 0) is 0 Å². The van der Waals surface area contributed by atoms with Crippen LogP contribution in [0.5, 0.6) is 0 Å². The minimum Gasteiger partial charge on any atom is -0.263 e. The van der Waals surface area contributed by atoms with Gasteiger partial charge in [-0.3, -0.25) is 4.98 Å². The average molecular weight is 472 g/mol. The minimum absolute atomic E-state index is 0.276. The lowest BCUT2D eigenvalue weighted by atomic mass is 10.0. The van der Waals surface area contributed by atoms with E-state index in [1.807, 2.05) is 0 Å². The van der Waals surface area contributed by atoms with Gasteiger partial charge in [0.1, 0.15) is 0 Å².